The molecule has 0 bridgehead atoms. The van der Waals surface area contributed by atoms with Crippen molar-refractivity contribution in [2.75, 3.05) is 26.7 Å². The van der Waals surface area contributed by atoms with Crippen molar-refractivity contribution in [3.05, 3.63) is 35.4 Å². The molecule has 1 aliphatic rings. The van der Waals surface area contributed by atoms with E-state index in [9.17, 15) is 4.79 Å². The predicted molar refractivity (Wildman–Crippen MR) is 75.3 cm³/mol. The molecule has 1 aromatic rings. The maximum Gasteiger partial charge on any atom is 0.335 e. The van der Waals surface area contributed by atoms with Gasteiger partial charge in [-0.2, -0.15) is 0 Å². The monoisotopic (exact) mass is 262 g/mol. The van der Waals surface area contributed by atoms with Crippen LogP contribution in [0.1, 0.15) is 28.8 Å². The van der Waals surface area contributed by atoms with Crippen LogP contribution >= 0.6 is 0 Å². The van der Waals surface area contributed by atoms with E-state index in [1.165, 1.54) is 0 Å². The van der Waals surface area contributed by atoms with Crippen LogP contribution in [0.5, 0.6) is 0 Å². The standard InChI is InChI=1S/C15H22N2O2/c1-17-7-5-15(11-16,6-8-17)10-12-3-2-4-13(9-12)14(18)19/h2-4,9H,5-8,10-11,16H2,1H3,(H,18,19). The van der Waals surface area contributed by atoms with Crippen LogP contribution in [0.3, 0.4) is 0 Å². The van der Waals surface area contributed by atoms with Crippen molar-refractivity contribution in [1.29, 1.82) is 0 Å². The SMILES string of the molecule is CN1CCC(CN)(Cc2cccc(C(=O)O)c2)CC1. The highest BCUT2D eigenvalue weighted by Crippen LogP contribution is 2.33. The summed E-state index contributed by atoms with van der Waals surface area (Å²) in [5, 5.41) is 9.04. The average Bonchev–Trinajstić information content (AvgIpc) is 2.42. The molecule has 19 heavy (non-hydrogen) atoms. The molecule has 0 radical (unpaired) electrons. The number of aromatic carboxylic acids is 1. The molecule has 0 unspecified atom stereocenters. The molecule has 4 heteroatoms. The summed E-state index contributed by atoms with van der Waals surface area (Å²) in [6, 6.07) is 7.23. The first-order valence-electron chi connectivity index (χ1n) is 6.75. The molecule has 4 nitrogen and oxygen atoms in total. The number of likely N-dealkylation sites (tertiary alicyclic amines) is 1. The maximum atomic E-state index is 11.0. The molecule has 1 heterocycles. The Morgan fingerprint density at radius 3 is 2.68 bits per heavy atom. The third kappa shape index (κ3) is 3.33. The van der Waals surface area contributed by atoms with Gasteiger partial charge in [0.1, 0.15) is 0 Å². The van der Waals surface area contributed by atoms with Crippen molar-refractivity contribution >= 4 is 5.97 Å². The largest absolute Gasteiger partial charge is 0.478 e. The second-order valence-electron chi connectivity index (χ2n) is 5.69. The number of rotatable bonds is 4. The number of piperidine rings is 1. The fourth-order valence-corrected chi connectivity index (χ4v) is 2.79. The molecule has 0 atom stereocenters. The van der Waals surface area contributed by atoms with Crippen molar-refractivity contribution in [2.24, 2.45) is 11.1 Å². The van der Waals surface area contributed by atoms with Gasteiger partial charge < -0.3 is 15.7 Å². The molecule has 1 aromatic carbocycles. The Morgan fingerprint density at radius 1 is 1.42 bits per heavy atom. The highest BCUT2D eigenvalue weighted by molar-refractivity contribution is 5.87. The van der Waals surface area contributed by atoms with E-state index in [4.69, 9.17) is 10.8 Å². The smallest absolute Gasteiger partial charge is 0.335 e. The molecule has 1 aliphatic heterocycles. The second kappa shape index (κ2) is 5.72. The lowest BCUT2D eigenvalue weighted by Gasteiger charge is -2.40. The number of nitrogens with zero attached hydrogens (tertiary/aromatic N) is 1. The minimum absolute atomic E-state index is 0.129. The molecular weight excluding hydrogens is 240 g/mol. The van der Waals surface area contributed by atoms with E-state index in [1.54, 1.807) is 12.1 Å². The number of nitrogens with two attached hydrogens (primary N) is 1. The highest BCUT2D eigenvalue weighted by Gasteiger charge is 2.32. The molecule has 2 rings (SSSR count). The summed E-state index contributed by atoms with van der Waals surface area (Å²) in [6.07, 6.45) is 3.03. The molecular formula is C15H22N2O2. The lowest BCUT2D eigenvalue weighted by Crippen LogP contribution is -2.43. The third-order valence-electron chi connectivity index (χ3n) is 4.23. The van der Waals surface area contributed by atoms with Gasteiger partial charge >= 0.3 is 5.97 Å². The van der Waals surface area contributed by atoms with Gasteiger partial charge in [-0.1, -0.05) is 12.1 Å². The normalized spacial score (nSPS) is 19.3. The van der Waals surface area contributed by atoms with Gasteiger partial charge in [0.05, 0.1) is 5.56 Å². The summed E-state index contributed by atoms with van der Waals surface area (Å²) >= 11 is 0. The fraction of sp³-hybridized carbons (Fsp3) is 0.533. The zero-order valence-electron chi connectivity index (χ0n) is 11.4. The fourth-order valence-electron chi connectivity index (χ4n) is 2.79. The average molecular weight is 262 g/mol. The molecule has 0 saturated carbocycles. The van der Waals surface area contributed by atoms with Gasteiger partial charge in [0.15, 0.2) is 0 Å². The number of hydrogen-bond donors (Lipinski definition) is 2. The van der Waals surface area contributed by atoms with Crippen molar-refractivity contribution < 1.29 is 9.90 Å². The van der Waals surface area contributed by atoms with Crippen LogP contribution in [-0.2, 0) is 6.42 Å². The minimum Gasteiger partial charge on any atom is -0.478 e. The van der Waals surface area contributed by atoms with Crippen LogP contribution in [0.4, 0.5) is 0 Å². The van der Waals surface area contributed by atoms with E-state index >= 15 is 0 Å². The Labute approximate surface area is 114 Å². The number of carboxylic acid groups (broad SMARTS) is 1. The number of hydrogen-bond acceptors (Lipinski definition) is 3. The summed E-state index contributed by atoms with van der Waals surface area (Å²) < 4.78 is 0. The van der Waals surface area contributed by atoms with E-state index in [-0.39, 0.29) is 5.41 Å². The van der Waals surface area contributed by atoms with E-state index in [0.717, 1.165) is 37.9 Å². The van der Waals surface area contributed by atoms with Gasteiger partial charge in [0.2, 0.25) is 0 Å². The maximum absolute atomic E-state index is 11.0. The Morgan fingerprint density at radius 2 is 2.11 bits per heavy atom. The Bertz CT molecular complexity index is 451. The summed E-state index contributed by atoms with van der Waals surface area (Å²) in [5.41, 5.74) is 7.56. The van der Waals surface area contributed by atoms with E-state index in [1.807, 2.05) is 12.1 Å². The zero-order chi connectivity index (χ0) is 13.9. The number of benzene rings is 1. The first-order chi connectivity index (χ1) is 9.04. The Balaban J connectivity index is 2.14. The van der Waals surface area contributed by atoms with E-state index in [0.29, 0.717) is 12.1 Å². The van der Waals surface area contributed by atoms with Crippen LogP contribution in [0.2, 0.25) is 0 Å². The van der Waals surface area contributed by atoms with Crippen LogP contribution in [0, 0.1) is 5.41 Å². The molecule has 0 spiro atoms. The molecule has 1 fully saturated rings. The van der Waals surface area contributed by atoms with Crippen LogP contribution in [0.25, 0.3) is 0 Å². The van der Waals surface area contributed by atoms with Crippen LogP contribution < -0.4 is 5.73 Å². The molecule has 0 aromatic heterocycles. The highest BCUT2D eigenvalue weighted by atomic mass is 16.4. The van der Waals surface area contributed by atoms with Crippen molar-refractivity contribution in [2.45, 2.75) is 19.3 Å². The molecule has 104 valence electrons. The number of carboxylic acids is 1. The summed E-state index contributed by atoms with van der Waals surface area (Å²) in [4.78, 5) is 13.3. The van der Waals surface area contributed by atoms with Gasteiger partial charge in [0, 0.05) is 0 Å². The summed E-state index contributed by atoms with van der Waals surface area (Å²) in [5.74, 6) is -0.868. The van der Waals surface area contributed by atoms with Gasteiger partial charge in [0.25, 0.3) is 0 Å². The zero-order valence-corrected chi connectivity index (χ0v) is 11.4. The first kappa shape index (κ1) is 14.0. The van der Waals surface area contributed by atoms with Crippen molar-refractivity contribution in [1.82, 2.24) is 4.90 Å². The first-order valence-corrected chi connectivity index (χ1v) is 6.75. The Kier molecular flexibility index (Phi) is 4.22. The summed E-state index contributed by atoms with van der Waals surface area (Å²) in [7, 11) is 2.13. The van der Waals surface area contributed by atoms with E-state index < -0.39 is 5.97 Å². The summed E-state index contributed by atoms with van der Waals surface area (Å²) in [6.45, 7) is 2.80. The quantitative estimate of drug-likeness (QED) is 0.865. The van der Waals surface area contributed by atoms with Crippen molar-refractivity contribution in [3.8, 4) is 0 Å². The Hall–Kier alpha value is -1.39. The van der Waals surface area contributed by atoms with Gasteiger partial charge in [-0.05, 0) is 69.1 Å². The molecule has 0 amide bonds. The lowest BCUT2D eigenvalue weighted by atomic mass is 9.74. The van der Waals surface area contributed by atoms with Gasteiger partial charge in [-0.25, -0.2) is 4.79 Å². The second-order valence-corrected chi connectivity index (χ2v) is 5.69. The molecule has 0 aliphatic carbocycles. The minimum atomic E-state index is -0.868. The van der Waals surface area contributed by atoms with Crippen LogP contribution in [0.15, 0.2) is 24.3 Å². The number of carbonyl (C=O) groups is 1. The van der Waals surface area contributed by atoms with E-state index in [2.05, 4.69) is 11.9 Å². The van der Waals surface area contributed by atoms with Crippen LogP contribution in [-0.4, -0.2) is 42.7 Å². The van der Waals surface area contributed by atoms with Gasteiger partial charge in [-0.3, -0.25) is 0 Å². The molecule has 3 N–H and O–H groups in total. The molecule has 1 saturated heterocycles. The van der Waals surface area contributed by atoms with Gasteiger partial charge in [-0.15, -0.1) is 0 Å². The lowest BCUT2D eigenvalue weighted by molar-refractivity contribution is 0.0696. The topological polar surface area (TPSA) is 66.6 Å². The third-order valence-corrected chi connectivity index (χ3v) is 4.23. The predicted octanol–water partition coefficient (Wildman–Crippen LogP) is 1.60. The van der Waals surface area contributed by atoms with Crippen molar-refractivity contribution in [3.63, 3.8) is 0 Å².